The topological polar surface area (TPSA) is 45.7 Å². The molecular weight excluding hydrogens is 349 g/mol. The van der Waals surface area contributed by atoms with Crippen molar-refractivity contribution < 1.29 is 9.13 Å². The molecule has 0 bridgehead atoms. The summed E-state index contributed by atoms with van der Waals surface area (Å²) in [6, 6.07) is 4.63. The van der Waals surface area contributed by atoms with Gasteiger partial charge in [0.05, 0.1) is 12.1 Å². The van der Waals surface area contributed by atoms with Crippen molar-refractivity contribution >= 4 is 21.9 Å². The maximum absolute atomic E-state index is 13.3. The molecule has 1 saturated heterocycles. The maximum Gasteiger partial charge on any atom is 0.191 e. The molecule has 1 unspecified atom stereocenters. The molecule has 1 aromatic carbocycles. The minimum absolute atomic E-state index is 0.129. The van der Waals surface area contributed by atoms with Crippen LogP contribution in [0, 0.1) is 5.82 Å². The first-order valence-corrected chi connectivity index (χ1v) is 8.42. The lowest BCUT2D eigenvalue weighted by atomic mass is 10.0. The Kier molecular flexibility index (Phi) is 6.20. The van der Waals surface area contributed by atoms with Gasteiger partial charge < -0.3 is 15.4 Å². The van der Waals surface area contributed by atoms with Crippen LogP contribution in [0.5, 0.6) is 0 Å². The van der Waals surface area contributed by atoms with Crippen LogP contribution in [-0.2, 0) is 11.3 Å². The van der Waals surface area contributed by atoms with Crippen molar-refractivity contribution in [3.8, 4) is 0 Å². The number of hydrogen-bond acceptors (Lipinski definition) is 2. The van der Waals surface area contributed by atoms with Crippen molar-refractivity contribution in [2.24, 2.45) is 4.99 Å². The minimum atomic E-state index is -0.252. The van der Waals surface area contributed by atoms with E-state index in [1.165, 1.54) is 12.1 Å². The summed E-state index contributed by atoms with van der Waals surface area (Å²) in [5.41, 5.74) is 0.691. The van der Waals surface area contributed by atoms with Gasteiger partial charge in [-0.05, 0) is 50.5 Å². The van der Waals surface area contributed by atoms with Crippen molar-refractivity contribution in [1.82, 2.24) is 10.6 Å². The molecule has 2 rings (SSSR count). The Bertz CT molecular complexity index is 530. The third-order valence-corrected chi connectivity index (χ3v) is 4.46. The zero-order chi connectivity index (χ0) is 16.0. The second-order valence-electron chi connectivity index (χ2n) is 5.69. The smallest absolute Gasteiger partial charge is 0.191 e. The average Bonchev–Trinajstić information content (AvgIpc) is 2.92. The molecule has 22 heavy (non-hydrogen) atoms. The number of rotatable bonds is 5. The number of nitrogens with one attached hydrogen (secondary N) is 2. The molecule has 1 aliphatic rings. The molecule has 0 aromatic heterocycles. The van der Waals surface area contributed by atoms with Crippen LogP contribution in [0.25, 0.3) is 0 Å². The first-order chi connectivity index (χ1) is 10.5. The predicted octanol–water partition coefficient (Wildman–Crippen LogP) is 3.21. The summed E-state index contributed by atoms with van der Waals surface area (Å²) in [5.74, 6) is 0.466. The summed E-state index contributed by atoms with van der Waals surface area (Å²) in [4.78, 5) is 4.52. The fourth-order valence-corrected chi connectivity index (χ4v) is 2.79. The van der Waals surface area contributed by atoms with Crippen LogP contribution in [0.2, 0.25) is 0 Å². The van der Waals surface area contributed by atoms with Gasteiger partial charge in [-0.1, -0.05) is 15.9 Å². The molecule has 0 amide bonds. The molecule has 1 heterocycles. The number of hydrogen-bond donors (Lipinski definition) is 2. The maximum atomic E-state index is 13.3. The van der Waals surface area contributed by atoms with Gasteiger partial charge in [-0.3, -0.25) is 0 Å². The Morgan fingerprint density at radius 2 is 2.27 bits per heavy atom. The molecule has 122 valence electrons. The van der Waals surface area contributed by atoms with Gasteiger partial charge in [0, 0.05) is 24.2 Å². The van der Waals surface area contributed by atoms with E-state index in [2.05, 4.69) is 38.5 Å². The summed E-state index contributed by atoms with van der Waals surface area (Å²) in [6.07, 6.45) is 2.15. The lowest BCUT2D eigenvalue weighted by Gasteiger charge is -2.24. The lowest BCUT2D eigenvalue weighted by Crippen LogP contribution is -2.45. The molecule has 1 fully saturated rings. The Hall–Kier alpha value is -1.14. The molecule has 1 atom stereocenters. The summed E-state index contributed by atoms with van der Waals surface area (Å²) in [5, 5.41) is 6.51. The Balaban J connectivity index is 1.98. The van der Waals surface area contributed by atoms with Gasteiger partial charge in [0.2, 0.25) is 0 Å². The number of ether oxygens (including phenoxy) is 1. The van der Waals surface area contributed by atoms with Crippen LogP contribution in [0.4, 0.5) is 4.39 Å². The van der Waals surface area contributed by atoms with Crippen LogP contribution < -0.4 is 10.6 Å². The van der Waals surface area contributed by atoms with E-state index in [4.69, 9.17) is 4.74 Å². The van der Waals surface area contributed by atoms with Crippen molar-refractivity contribution in [3.63, 3.8) is 0 Å². The van der Waals surface area contributed by atoms with Crippen LogP contribution in [-0.4, -0.2) is 31.3 Å². The van der Waals surface area contributed by atoms with Gasteiger partial charge >= 0.3 is 0 Å². The molecule has 6 heteroatoms. The van der Waals surface area contributed by atoms with E-state index in [0.717, 1.165) is 42.0 Å². The molecule has 0 radical (unpaired) electrons. The van der Waals surface area contributed by atoms with E-state index >= 15 is 0 Å². The van der Waals surface area contributed by atoms with E-state index in [1.807, 2.05) is 6.92 Å². The zero-order valence-electron chi connectivity index (χ0n) is 13.1. The van der Waals surface area contributed by atoms with Crippen molar-refractivity contribution in [2.45, 2.75) is 38.8 Å². The number of benzene rings is 1. The molecular formula is C16H23BrFN3O. The SMILES string of the molecule is CCNC(=NCc1cc(F)ccc1Br)NCC1(C)CCCO1. The molecule has 0 spiro atoms. The number of aliphatic imine (C=N–C) groups is 1. The summed E-state index contributed by atoms with van der Waals surface area (Å²) in [6.45, 7) is 6.84. The normalized spacial score (nSPS) is 21.9. The minimum Gasteiger partial charge on any atom is -0.373 e. The van der Waals surface area contributed by atoms with Crippen molar-refractivity contribution in [2.75, 3.05) is 19.7 Å². The van der Waals surface area contributed by atoms with Gasteiger partial charge in [0.25, 0.3) is 0 Å². The van der Waals surface area contributed by atoms with Crippen LogP contribution in [0.1, 0.15) is 32.3 Å². The first kappa shape index (κ1) is 17.2. The van der Waals surface area contributed by atoms with E-state index in [-0.39, 0.29) is 11.4 Å². The number of halogens is 2. The van der Waals surface area contributed by atoms with Gasteiger partial charge in [0.15, 0.2) is 5.96 Å². The Morgan fingerprint density at radius 1 is 1.45 bits per heavy atom. The second kappa shape index (κ2) is 7.92. The third kappa shape index (κ3) is 4.95. The third-order valence-electron chi connectivity index (χ3n) is 3.69. The number of guanidine groups is 1. The van der Waals surface area contributed by atoms with Gasteiger partial charge in [0.1, 0.15) is 5.82 Å². The van der Waals surface area contributed by atoms with Crippen LogP contribution in [0.15, 0.2) is 27.7 Å². The fraction of sp³-hybridized carbons (Fsp3) is 0.562. The highest BCUT2D eigenvalue weighted by Crippen LogP contribution is 2.24. The van der Waals surface area contributed by atoms with Gasteiger partial charge in [-0.2, -0.15) is 0 Å². The van der Waals surface area contributed by atoms with E-state index in [9.17, 15) is 4.39 Å². The van der Waals surface area contributed by atoms with Crippen LogP contribution in [0.3, 0.4) is 0 Å². The monoisotopic (exact) mass is 371 g/mol. The van der Waals surface area contributed by atoms with Crippen molar-refractivity contribution in [3.05, 3.63) is 34.1 Å². The van der Waals surface area contributed by atoms with Gasteiger partial charge in [-0.15, -0.1) is 0 Å². The standard InChI is InChI=1S/C16H23BrFN3O/c1-3-19-15(21-11-16(2)7-4-8-22-16)20-10-12-9-13(18)5-6-14(12)17/h5-6,9H,3-4,7-8,10-11H2,1-2H3,(H2,19,20,21). The zero-order valence-corrected chi connectivity index (χ0v) is 14.7. The van der Waals surface area contributed by atoms with E-state index < -0.39 is 0 Å². The summed E-state index contributed by atoms with van der Waals surface area (Å²) >= 11 is 3.42. The number of nitrogens with zero attached hydrogens (tertiary/aromatic N) is 1. The summed E-state index contributed by atoms with van der Waals surface area (Å²) < 4.78 is 19.9. The van der Waals surface area contributed by atoms with E-state index in [1.54, 1.807) is 6.07 Å². The second-order valence-corrected chi connectivity index (χ2v) is 6.54. The average molecular weight is 372 g/mol. The Labute approximate surface area is 139 Å². The first-order valence-electron chi connectivity index (χ1n) is 7.62. The molecule has 2 N–H and O–H groups in total. The molecule has 0 saturated carbocycles. The highest BCUT2D eigenvalue weighted by molar-refractivity contribution is 9.10. The molecule has 4 nitrogen and oxygen atoms in total. The molecule has 1 aliphatic heterocycles. The van der Waals surface area contributed by atoms with E-state index in [0.29, 0.717) is 13.1 Å². The predicted molar refractivity (Wildman–Crippen MR) is 90.5 cm³/mol. The largest absolute Gasteiger partial charge is 0.373 e. The summed E-state index contributed by atoms with van der Waals surface area (Å²) in [7, 11) is 0. The lowest BCUT2D eigenvalue weighted by molar-refractivity contribution is 0.0243. The highest BCUT2D eigenvalue weighted by Gasteiger charge is 2.29. The molecule has 0 aliphatic carbocycles. The Morgan fingerprint density at radius 3 is 2.95 bits per heavy atom. The quantitative estimate of drug-likeness (QED) is 0.616. The van der Waals surface area contributed by atoms with Crippen LogP contribution >= 0.6 is 15.9 Å². The van der Waals surface area contributed by atoms with Gasteiger partial charge in [-0.25, -0.2) is 9.38 Å². The highest BCUT2D eigenvalue weighted by atomic mass is 79.9. The molecule has 1 aromatic rings. The fourth-order valence-electron chi connectivity index (χ4n) is 2.42. The van der Waals surface area contributed by atoms with Crippen molar-refractivity contribution in [1.29, 1.82) is 0 Å².